The lowest BCUT2D eigenvalue weighted by molar-refractivity contribution is 0.167. The van der Waals surface area contributed by atoms with Crippen LogP contribution < -0.4 is 5.73 Å². The minimum atomic E-state index is -1.63. The van der Waals surface area contributed by atoms with Crippen LogP contribution in [0.5, 0.6) is 0 Å². The molecule has 0 aromatic rings. The lowest BCUT2D eigenvalue weighted by Crippen LogP contribution is -2.47. The molecule has 0 amide bonds. The fourth-order valence-corrected chi connectivity index (χ4v) is 2.52. The first-order chi connectivity index (χ1) is 6.12. The van der Waals surface area contributed by atoms with Gasteiger partial charge in [-0.05, 0) is 31.5 Å². The first kappa shape index (κ1) is 14.1. The van der Waals surface area contributed by atoms with E-state index < -0.39 is 8.32 Å². The van der Waals surface area contributed by atoms with Crippen molar-refractivity contribution in [2.75, 3.05) is 0 Å². The van der Waals surface area contributed by atoms with Gasteiger partial charge in [0.1, 0.15) is 0 Å². The van der Waals surface area contributed by atoms with E-state index in [1.807, 2.05) is 0 Å². The van der Waals surface area contributed by atoms with Gasteiger partial charge in [0.25, 0.3) is 0 Å². The van der Waals surface area contributed by atoms with Crippen LogP contribution in [0.25, 0.3) is 0 Å². The monoisotopic (exact) mass is 217 g/mol. The summed E-state index contributed by atoms with van der Waals surface area (Å²) in [4.78, 5) is 0. The third-order valence-electron chi connectivity index (χ3n) is 3.36. The van der Waals surface area contributed by atoms with Crippen molar-refractivity contribution in [3.05, 3.63) is 0 Å². The molecule has 0 spiro atoms. The van der Waals surface area contributed by atoms with Gasteiger partial charge in [0.05, 0.1) is 6.10 Å². The number of rotatable bonds is 4. The molecular formula is C11H27NOSi. The predicted molar refractivity (Wildman–Crippen MR) is 66.0 cm³/mol. The normalized spacial score (nSPS) is 18.0. The Balaban J connectivity index is 4.36. The van der Waals surface area contributed by atoms with Crippen LogP contribution in [0.2, 0.25) is 18.1 Å². The Morgan fingerprint density at radius 1 is 1.29 bits per heavy atom. The van der Waals surface area contributed by atoms with E-state index in [2.05, 4.69) is 47.7 Å². The zero-order valence-electron chi connectivity index (χ0n) is 10.8. The molecule has 0 fully saturated rings. The third-order valence-corrected chi connectivity index (χ3v) is 7.93. The topological polar surface area (TPSA) is 35.2 Å². The summed E-state index contributed by atoms with van der Waals surface area (Å²) < 4.78 is 6.17. The maximum absolute atomic E-state index is 6.17. The van der Waals surface area contributed by atoms with Crippen LogP contribution >= 0.6 is 0 Å². The van der Waals surface area contributed by atoms with E-state index in [0.717, 1.165) is 6.42 Å². The lowest BCUT2D eigenvalue weighted by Gasteiger charge is -2.39. The minimum Gasteiger partial charge on any atom is -0.413 e. The summed E-state index contributed by atoms with van der Waals surface area (Å²) in [5.74, 6) is 0. The smallest absolute Gasteiger partial charge is 0.192 e. The highest BCUT2D eigenvalue weighted by Crippen LogP contribution is 2.37. The zero-order chi connectivity index (χ0) is 11.6. The Labute approximate surface area is 90.3 Å². The first-order valence-electron chi connectivity index (χ1n) is 5.55. The Kier molecular flexibility index (Phi) is 4.82. The van der Waals surface area contributed by atoms with Crippen molar-refractivity contribution in [2.45, 2.75) is 71.3 Å². The average Bonchev–Trinajstić information content (AvgIpc) is 2.00. The van der Waals surface area contributed by atoms with Crippen LogP contribution in [0.3, 0.4) is 0 Å². The summed E-state index contributed by atoms with van der Waals surface area (Å²) in [5.41, 5.74) is 5.96. The van der Waals surface area contributed by atoms with E-state index >= 15 is 0 Å². The van der Waals surface area contributed by atoms with Crippen molar-refractivity contribution in [3.63, 3.8) is 0 Å². The van der Waals surface area contributed by atoms with Crippen molar-refractivity contribution in [1.82, 2.24) is 0 Å². The fourth-order valence-electron chi connectivity index (χ4n) is 1.06. The van der Waals surface area contributed by atoms with Gasteiger partial charge in [-0.15, -0.1) is 0 Å². The molecule has 3 heteroatoms. The molecule has 0 aliphatic heterocycles. The molecule has 0 heterocycles. The zero-order valence-corrected chi connectivity index (χ0v) is 11.8. The predicted octanol–water partition coefficient (Wildman–Crippen LogP) is 3.13. The van der Waals surface area contributed by atoms with Gasteiger partial charge in [0.15, 0.2) is 8.32 Å². The van der Waals surface area contributed by atoms with E-state index in [1.165, 1.54) is 0 Å². The van der Waals surface area contributed by atoms with E-state index in [0.29, 0.717) is 0 Å². The second kappa shape index (κ2) is 4.77. The number of nitrogens with two attached hydrogens (primary N) is 1. The number of hydrogen-bond acceptors (Lipinski definition) is 2. The van der Waals surface area contributed by atoms with Gasteiger partial charge < -0.3 is 10.2 Å². The van der Waals surface area contributed by atoms with E-state index in [1.54, 1.807) is 0 Å². The maximum Gasteiger partial charge on any atom is 0.192 e. The van der Waals surface area contributed by atoms with Crippen LogP contribution in [-0.2, 0) is 4.43 Å². The Bertz CT molecular complexity index is 175. The molecule has 2 nitrogen and oxygen atoms in total. The van der Waals surface area contributed by atoms with Gasteiger partial charge in [-0.3, -0.25) is 0 Å². The summed E-state index contributed by atoms with van der Waals surface area (Å²) in [6.07, 6.45) is 1.16. The Hall–Kier alpha value is 0.137. The summed E-state index contributed by atoms with van der Waals surface area (Å²) in [6, 6.07) is 0.170. The minimum absolute atomic E-state index is 0.170. The molecule has 0 aromatic heterocycles. The molecule has 0 aliphatic rings. The molecule has 0 saturated carbocycles. The van der Waals surface area contributed by atoms with Crippen LogP contribution in [0, 0.1) is 0 Å². The standard InChI is InChI=1S/C11H27NOSi/c1-8-10(12)9(2)13-14(6,7)11(3,4)5/h9-10H,8,12H2,1-7H3/t9-,10+/m1/s1. The average molecular weight is 217 g/mol. The van der Waals surface area contributed by atoms with Gasteiger partial charge in [-0.2, -0.15) is 0 Å². The van der Waals surface area contributed by atoms with Gasteiger partial charge in [0.2, 0.25) is 0 Å². The first-order valence-corrected chi connectivity index (χ1v) is 8.46. The quantitative estimate of drug-likeness (QED) is 0.734. The molecular weight excluding hydrogens is 190 g/mol. The highest BCUT2D eigenvalue weighted by Gasteiger charge is 2.38. The molecule has 0 bridgehead atoms. The molecule has 0 aliphatic carbocycles. The molecule has 2 atom stereocenters. The van der Waals surface area contributed by atoms with E-state index in [9.17, 15) is 0 Å². The Morgan fingerprint density at radius 2 is 1.71 bits per heavy atom. The molecule has 86 valence electrons. The molecule has 0 saturated heterocycles. The highest BCUT2D eigenvalue weighted by atomic mass is 28.4. The van der Waals surface area contributed by atoms with Crippen molar-refractivity contribution < 1.29 is 4.43 Å². The van der Waals surface area contributed by atoms with E-state index in [4.69, 9.17) is 10.2 Å². The van der Waals surface area contributed by atoms with Crippen LogP contribution in [0.4, 0.5) is 0 Å². The van der Waals surface area contributed by atoms with Crippen LogP contribution in [0.15, 0.2) is 0 Å². The van der Waals surface area contributed by atoms with Crippen molar-refractivity contribution in [2.24, 2.45) is 5.73 Å². The SMILES string of the molecule is CC[C@H](N)[C@@H](C)O[Si](C)(C)C(C)(C)C. The van der Waals surface area contributed by atoms with Crippen LogP contribution in [0.1, 0.15) is 41.0 Å². The lowest BCUT2D eigenvalue weighted by atomic mass is 10.1. The summed E-state index contributed by atoms with van der Waals surface area (Å²) >= 11 is 0. The largest absolute Gasteiger partial charge is 0.413 e. The Morgan fingerprint density at radius 3 is 2.00 bits per heavy atom. The van der Waals surface area contributed by atoms with Crippen molar-refractivity contribution >= 4 is 8.32 Å². The fraction of sp³-hybridized carbons (Fsp3) is 1.00. The second-order valence-corrected chi connectivity index (χ2v) is 10.4. The molecule has 14 heavy (non-hydrogen) atoms. The van der Waals surface area contributed by atoms with Crippen molar-refractivity contribution in [1.29, 1.82) is 0 Å². The maximum atomic E-state index is 6.17. The summed E-state index contributed by atoms with van der Waals surface area (Å²) in [5, 5.41) is 0.273. The molecule has 2 N–H and O–H groups in total. The molecule has 0 rings (SSSR count). The van der Waals surface area contributed by atoms with Gasteiger partial charge in [-0.1, -0.05) is 27.7 Å². The van der Waals surface area contributed by atoms with Crippen molar-refractivity contribution in [3.8, 4) is 0 Å². The molecule has 0 unspecified atom stereocenters. The third kappa shape index (κ3) is 3.71. The molecule has 0 radical (unpaired) electrons. The van der Waals surface area contributed by atoms with Crippen LogP contribution in [-0.4, -0.2) is 20.5 Å². The van der Waals surface area contributed by atoms with E-state index in [-0.39, 0.29) is 17.2 Å². The highest BCUT2D eigenvalue weighted by molar-refractivity contribution is 6.74. The second-order valence-electron chi connectivity index (χ2n) is 5.66. The number of hydrogen-bond donors (Lipinski definition) is 1. The van der Waals surface area contributed by atoms with Gasteiger partial charge >= 0.3 is 0 Å². The van der Waals surface area contributed by atoms with Gasteiger partial charge in [0, 0.05) is 6.04 Å². The summed E-state index contributed by atoms with van der Waals surface area (Å²) in [6.45, 7) is 15.5. The summed E-state index contributed by atoms with van der Waals surface area (Å²) in [7, 11) is -1.63. The molecule has 0 aromatic carbocycles. The van der Waals surface area contributed by atoms with Gasteiger partial charge in [-0.25, -0.2) is 0 Å².